The van der Waals surface area contributed by atoms with E-state index >= 15 is 0 Å². The molecule has 21 heavy (non-hydrogen) atoms. The van der Waals surface area contributed by atoms with Crippen LogP contribution in [-0.2, 0) is 0 Å². The molecule has 0 amide bonds. The summed E-state index contributed by atoms with van der Waals surface area (Å²) >= 11 is 0. The first-order chi connectivity index (χ1) is 1.41. The lowest BCUT2D eigenvalue weighted by Gasteiger charge is -1.15. The maximum atomic E-state index is 7.32. The van der Waals surface area contributed by atoms with E-state index in [0.29, 0.717) is 0 Å². The molecule has 0 saturated carbocycles. The molecule has 0 heterocycles. The first-order valence-electron chi connectivity index (χ1n) is 0.724. The van der Waals surface area contributed by atoms with E-state index in [1.807, 2.05) is 0 Å². The molecule has 19 nitrogen and oxygen atoms in total. The van der Waals surface area contributed by atoms with Gasteiger partial charge in [-0.05, 0) is 0 Å². The van der Waals surface area contributed by atoms with E-state index in [1.54, 1.807) is 6.07 Å². The molecule has 0 aliphatic carbocycles. The van der Waals surface area contributed by atoms with E-state index < -0.39 is 0 Å². The van der Waals surface area contributed by atoms with Crippen molar-refractivity contribution >= 4 is 0 Å². The molecule has 36 N–H and O–H groups in total. The zero-order chi connectivity index (χ0) is 2.71. The first kappa shape index (κ1) is 11700. The van der Waals surface area contributed by atoms with Crippen LogP contribution < -0.4 is 0 Å². The lowest BCUT2D eigenvalue weighted by atomic mass is 11.0. The fourth-order valence-corrected chi connectivity index (χ4v) is 0. The van der Waals surface area contributed by atoms with E-state index in [0.717, 1.165) is 0 Å². The maximum absolute atomic E-state index is 7.32. The van der Waals surface area contributed by atoms with Crippen LogP contribution in [0, 0.1) is 11.3 Å². The summed E-state index contributed by atoms with van der Waals surface area (Å²) in [6, 6.07) is 1.75. The van der Waals surface area contributed by atoms with Crippen molar-refractivity contribution in [1.82, 2.24) is 0 Å². The second kappa shape index (κ2) is 112000. The average Bonchev–Trinajstić information content (AvgIpc) is 0.918. The van der Waals surface area contributed by atoms with Crippen LogP contribution in [0.4, 0.5) is 0 Å². The molecule has 0 aliphatic rings. The van der Waals surface area contributed by atoms with E-state index in [1.165, 1.54) is 6.92 Å². The van der Waals surface area contributed by atoms with Crippen LogP contribution in [0.3, 0.4) is 0 Å². The Morgan fingerprint density at radius 3 is 0.333 bits per heavy atom. The van der Waals surface area contributed by atoms with Crippen LogP contribution in [0.25, 0.3) is 0 Å². The van der Waals surface area contributed by atoms with Crippen molar-refractivity contribution in [3.8, 4) is 6.07 Å². The van der Waals surface area contributed by atoms with E-state index in [4.69, 9.17) is 5.26 Å². The molecule has 0 unspecified atom stereocenters. The quantitative estimate of drug-likeness (QED) is 0.396. The Balaban J connectivity index is -0.000000000131. The Kier molecular flexibility index (Phi) is 62700000. The number of nitriles is 1. The van der Waals surface area contributed by atoms with Gasteiger partial charge in [0.25, 0.3) is 0 Å². The minimum atomic E-state index is 0. The molecule has 0 aromatic heterocycles. The smallest absolute Gasteiger partial charge is 0.0587 e. The minimum Gasteiger partial charge on any atom is -0.412 e. The third-order valence-corrected chi connectivity index (χ3v) is 0. The van der Waals surface area contributed by atoms with Crippen LogP contribution >= 0.6 is 0 Å². The highest BCUT2D eigenvalue weighted by Gasteiger charge is 1.17. The number of hydrogen-bond acceptors (Lipinski definition) is 1. The molecule has 0 fully saturated rings. The highest BCUT2D eigenvalue weighted by Crippen LogP contribution is 1.21. The zero-order valence-electron chi connectivity index (χ0n) is 10.9. The number of rotatable bonds is 0. The molecular formula is C2H39NO18. The van der Waals surface area contributed by atoms with Crippen molar-refractivity contribution in [3.63, 3.8) is 0 Å². The zero-order valence-corrected chi connectivity index (χ0v) is 10.9. The Morgan fingerprint density at radius 2 is 0.333 bits per heavy atom. The average molecular weight is 365 g/mol. The summed E-state index contributed by atoms with van der Waals surface area (Å²) in [5, 5.41) is 7.32. The molecule has 160 valence electrons. The van der Waals surface area contributed by atoms with Gasteiger partial charge in [0.2, 0.25) is 0 Å². The van der Waals surface area contributed by atoms with E-state index in [2.05, 4.69) is 0 Å². The van der Waals surface area contributed by atoms with Crippen molar-refractivity contribution in [3.05, 3.63) is 0 Å². The molecule has 0 atom stereocenters. The van der Waals surface area contributed by atoms with Crippen LogP contribution in [0.5, 0.6) is 0 Å². The van der Waals surface area contributed by atoms with Crippen LogP contribution in [-0.4, -0.2) is 98.6 Å². The van der Waals surface area contributed by atoms with Gasteiger partial charge < -0.3 is 98.6 Å². The Bertz CT molecular complexity index is 36.7. The van der Waals surface area contributed by atoms with Crippen LogP contribution in [0.2, 0.25) is 0 Å². The lowest BCUT2D eigenvalue weighted by Crippen LogP contribution is -1.10. The Hall–Kier alpha value is -1.23. The highest BCUT2D eigenvalue weighted by atomic mass is 16.0. The fourth-order valence-electron chi connectivity index (χ4n) is 0. The summed E-state index contributed by atoms with van der Waals surface area (Å²) in [5.74, 6) is 0. The van der Waals surface area contributed by atoms with Crippen molar-refractivity contribution in [2.45, 2.75) is 6.92 Å². The molecule has 0 bridgehead atoms. The van der Waals surface area contributed by atoms with Gasteiger partial charge in [0.05, 0.1) is 6.07 Å². The Labute approximate surface area is 118 Å². The number of hydrogen-bond donors (Lipinski definition) is 0. The monoisotopic (exact) mass is 365 g/mol. The van der Waals surface area contributed by atoms with Crippen molar-refractivity contribution < 1.29 is 98.6 Å². The van der Waals surface area contributed by atoms with Gasteiger partial charge in [-0.1, -0.05) is 0 Å². The highest BCUT2D eigenvalue weighted by molar-refractivity contribution is 4.51. The molecule has 0 aliphatic heterocycles. The first-order valence-corrected chi connectivity index (χ1v) is 0.724. The molecular weight excluding hydrogens is 326 g/mol. The largest absolute Gasteiger partial charge is 0.412 e. The molecule has 0 spiro atoms. The normalized spacial score (nSPS) is 0.381. The summed E-state index contributed by atoms with van der Waals surface area (Å²) in [7, 11) is 0. The third kappa shape index (κ3) is 3490. The SMILES string of the molecule is CC#N.O.O.O.O.O.O.O.O.O.O.O.O.O.O.O.O.O.O. The summed E-state index contributed by atoms with van der Waals surface area (Å²) in [6.45, 7) is 1.43. The molecule has 0 rings (SSSR count). The predicted molar refractivity (Wildman–Crippen MR) is 76.3 cm³/mol. The minimum absolute atomic E-state index is 0. The maximum Gasteiger partial charge on any atom is 0.0587 e. The Morgan fingerprint density at radius 1 is 0.333 bits per heavy atom. The fraction of sp³-hybridized carbons (Fsp3) is 0.500. The van der Waals surface area contributed by atoms with Gasteiger partial charge in [-0.25, -0.2) is 0 Å². The number of nitrogens with zero attached hydrogens (tertiary/aromatic N) is 1. The van der Waals surface area contributed by atoms with Crippen molar-refractivity contribution in [2.24, 2.45) is 0 Å². The molecule has 0 radical (unpaired) electrons. The van der Waals surface area contributed by atoms with Crippen molar-refractivity contribution in [1.29, 1.82) is 5.26 Å². The van der Waals surface area contributed by atoms with Gasteiger partial charge >= 0.3 is 0 Å². The molecule has 0 aromatic rings. The van der Waals surface area contributed by atoms with Crippen LogP contribution in [0.1, 0.15) is 6.92 Å². The van der Waals surface area contributed by atoms with Gasteiger partial charge in [0.15, 0.2) is 0 Å². The van der Waals surface area contributed by atoms with Crippen molar-refractivity contribution in [2.75, 3.05) is 0 Å². The second-order valence-electron chi connectivity index (χ2n) is 0.224. The second-order valence-corrected chi connectivity index (χ2v) is 0.224. The molecule has 0 saturated heterocycles. The van der Waals surface area contributed by atoms with E-state index in [-0.39, 0.29) is 98.6 Å². The third-order valence-electron chi connectivity index (χ3n) is 0. The van der Waals surface area contributed by atoms with Gasteiger partial charge in [-0.2, -0.15) is 5.26 Å². The van der Waals surface area contributed by atoms with E-state index in [9.17, 15) is 0 Å². The summed E-state index contributed by atoms with van der Waals surface area (Å²) in [6.07, 6.45) is 0. The standard InChI is InChI=1S/C2H3N.18H2O/c1-2-3;;;;;;;;;;;;;;;;;;/h1H3;18*1H2. The lowest BCUT2D eigenvalue weighted by molar-refractivity contribution is 0.823. The van der Waals surface area contributed by atoms with Gasteiger partial charge in [0.1, 0.15) is 0 Å². The van der Waals surface area contributed by atoms with Gasteiger partial charge in [-0.15, -0.1) is 0 Å². The van der Waals surface area contributed by atoms with Gasteiger partial charge in [0, 0.05) is 6.92 Å². The predicted octanol–water partition coefficient (Wildman–Crippen LogP) is -14.3. The summed E-state index contributed by atoms with van der Waals surface area (Å²) in [5.41, 5.74) is 0. The van der Waals surface area contributed by atoms with Crippen LogP contribution in [0.15, 0.2) is 0 Å². The molecule has 19 heteroatoms. The summed E-state index contributed by atoms with van der Waals surface area (Å²) < 4.78 is 0. The summed E-state index contributed by atoms with van der Waals surface area (Å²) in [4.78, 5) is 0. The van der Waals surface area contributed by atoms with Gasteiger partial charge in [-0.3, -0.25) is 0 Å². The molecule has 0 aromatic carbocycles. The topological polar surface area (TPSA) is 591 Å².